The molecule has 0 fully saturated rings. The lowest BCUT2D eigenvalue weighted by molar-refractivity contribution is -0.141. The number of carbonyl (C=O) groups is 2. The van der Waals surface area contributed by atoms with Crippen LogP contribution in [0.2, 0.25) is 0 Å². The molecule has 1 unspecified atom stereocenters. The van der Waals surface area contributed by atoms with E-state index in [9.17, 15) is 23.1 Å². The van der Waals surface area contributed by atoms with Gasteiger partial charge in [0.2, 0.25) is 5.91 Å². The molecule has 2 N–H and O–H groups in total. The van der Waals surface area contributed by atoms with E-state index in [1.165, 1.54) is 13.8 Å². The van der Waals surface area contributed by atoms with Crippen molar-refractivity contribution in [2.45, 2.75) is 25.0 Å². The Morgan fingerprint density at radius 2 is 1.73 bits per heavy atom. The van der Waals surface area contributed by atoms with Crippen LogP contribution in [0, 0.1) is 5.92 Å². The maximum absolute atomic E-state index is 12.2. The van der Waals surface area contributed by atoms with Gasteiger partial charge in [-0.15, -0.1) is 0 Å². The zero-order valence-electron chi connectivity index (χ0n) is 15.0. The minimum absolute atomic E-state index is 0.143. The number of hydrogen-bond acceptors (Lipinski definition) is 4. The molecule has 0 radical (unpaired) electrons. The Morgan fingerprint density at radius 1 is 1.12 bits per heavy atom. The molecule has 7 heteroatoms. The highest BCUT2D eigenvalue weighted by molar-refractivity contribution is 7.92. The summed E-state index contributed by atoms with van der Waals surface area (Å²) in [5, 5.41) is 14.0. The van der Waals surface area contributed by atoms with E-state index in [-0.39, 0.29) is 13.0 Å². The third-order valence-corrected chi connectivity index (χ3v) is 6.72. The van der Waals surface area contributed by atoms with Crippen LogP contribution in [0.15, 0.2) is 42.5 Å². The lowest BCUT2D eigenvalue weighted by Gasteiger charge is -2.23. The van der Waals surface area contributed by atoms with Gasteiger partial charge in [0, 0.05) is 12.8 Å². The normalized spacial score (nSPS) is 13.3. The van der Waals surface area contributed by atoms with Crippen LogP contribution in [0.3, 0.4) is 0 Å². The number of nitrogens with one attached hydrogen (secondary N) is 1. The standard InChI is InChI=1S/C19H23NO5S/c1-19(2,26(3,24)25)18(23)20-12-15(17(21)22)11-14-9-6-8-13-7-4-5-10-16(13)14/h4-10,15H,11-12H2,1-3H3,(H,20,23)(H,21,22). The van der Waals surface area contributed by atoms with Crippen LogP contribution >= 0.6 is 0 Å². The summed E-state index contributed by atoms with van der Waals surface area (Å²) in [7, 11) is -3.62. The van der Waals surface area contributed by atoms with Crippen LogP contribution < -0.4 is 5.32 Å². The van der Waals surface area contributed by atoms with E-state index < -0.39 is 32.4 Å². The molecule has 0 aliphatic carbocycles. The molecule has 0 aliphatic rings. The van der Waals surface area contributed by atoms with E-state index >= 15 is 0 Å². The van der Waals surface area contributed by atoms with Gasteiger partial charge in [0.1, 0.15) is 4.75 Å². The molecule has 0 aromatic heterocycles. The molecule has 0 bridgehead atoms. The number of hydrogen-bond donors (Lipinski definition) is 2. The van der Waals surface area contributed by atoms with Crippen LogP contribution in [0.25, 0.3) is 10.8 Å². The van der Waals surface area contributed by atoms with E-state index in [0.717, 1.165) is 22.6 Å². The first-order valence-electron chi connectivity index (χ1n) is 8.21. The van der Waals surface area contributed by atoms with Gasteiger partial charge in [0.15, 0.2) is 9.84 Å². The number of carboxylic acid groups (broad SMARTS) is 1. The van der Waals surface area contributed by atoms with E-state index in [4.69, 9.17) is 0 Å². The molecule has 0 aliphatic heterocycles. The van der Waals surface area contributed by atoms with Crippen molar-refractivity contribution in [1.29, 1.82) is 0 Å². The van der Waals surface area contributed by atoms with Crippen molar-refractivity contribution in [3.05, 3.63) is 48.0 Å². The van der Waals surface area contributed by atoms with Gasteiger partial charge in [0.25, 0.3) is 0 Å². The first kappa shape index (κ1) is 19.9. The predicted molar refractivity (Wildman–Crippen MR) is 101 cm³/mol. The van der Waals surface area contributed by atoms with Crippen molar-refractivity contribution >= 4 is 32.5 Å². The lowest BCUT2D eigenvalue weighted by atomic mass is 9.94. The number of carboxylic acids is 1. The average Bonchev–Trinajstić information content (AvgIpc) is 2.57. The number of benzene rings is 2. The molecule has 26 heavy (non-hydrogen) atoms. The van der Waals surface area contributed by atoms with Crippen molar-refractivity contribution in [2.24, 2.45) is 5.92 Å². The minimum Gasteiger partial charge on any atom is -0.481 e. The van der Waals surface area contributed by atoms with Gasteiger partial charge in [-0.1, -0.05) is 42.5 Å². The Labute approximate surface area is 153 Å². The Morgan fingerprint density at radius 3 is 2.35 bits per heavy atom. The maximum atomic E-state index is 12.2. The molecule has 1 atom stereocenters. The first-order chi connectivity index (χ1) is 12.0. The van der Waals surface area contributed by atoms with E-state index in [1.807, 2.05) is 42.5 Å². The Balaban J connectivity index is 2.17. The van der Waals surface area contributed by atoms with Crippen LogP contribution in [-0.4, -0.2) is 42.9 Å². The summed E-state index contributed by atoms with van der Waals surface area (Å²) in [5.74, 6) is -2.61. The fourth-order valence-corrected chi connectivity index (χ4v) is 2.99. The average molecular weight is 377 g/mol. The molecule has 2 aromatic carbocycles. The van der Waals surface area contributed by atoms with Crippen molar-refractivity contribution in [2.75, 3.05) is 12.8 Å². The molecule has 6 nitrogen and oxygen atoms in total. The third-order valence-electron chi connectivity index (χ3n) is 4.68. The Kier molecular flexibility index (Phi) is 5.71. The largest absolute Gasteiger partial charge is 0.481 e. The van der Waals surface area contributed by atoms with Crippen molar-refractivity contribution in [1.82, 2.24) is 5.32 Å². The second kappa shape index (κ2) is 7.45. The Hall–Kier alpha value is -2.41. The second-order valence-electron chi connectivity index (χ2n) is 6.87. The maximum Gasteiger partial charge on any atom is 0.308 e. The van der Waals surface area contributed by atoms with Gasteiger partial charge in [0.05, 0.1) is 5.92 Å². The molecule has 0 spiro atoms. The van der Waals surface area contributed by atoms with Gasteiger partial charge >= 0.3 is 5.97 Å². The van der Waals surface area contributed by atoms with Gasteiger partial charge in [-0.25, -0.2) is 8.42 Å². The summed E-state index contributed by atoms with van der Waals surface area (Å²) >= 11 is 0. The summed E-state index contributed by atoms with van der Waals surface area (Å²) in [6.07, 6.45) is 1.22. The van der Waals surface area contributed by atoms with Gasteiger partial charge < -0.3 is 10.4 Å². The van der Waals surface area contributed by atoms with Crippen molar-refractivity contribution in [3.8, 4) is 0 Å². The zero-order chi connectivity index (χ0) is 19.5. The van der Waals surface area contributed by atoms with E-state index in [1.54, 1.807) is 0 Å². The third kappa shape index (κ3) is 4.22. The molecule has 2 aromatic rings. The highest BCUT2D eigenvalue weighted by Gasteiger charge is 2.38. The summed E-state index contributed by atoms with van der Waals surface area (Å²) in [5.41, 5.74) is 0.868. The topological polar surface area (TPSA) is 101 Å². The van der Waals surface area contributed by atoms with Gasteiger partial charge in [-0.3, -0.25) is 9.59 Å². The van der Waals surface area contributed by atoms with Crippen molar-refractivity contribution < 1.29 is 23.1 Å². The highest BCUT2D eigenvalue weighted by atomic mass is 32.2. The summed E-state index contributed by atoms with van der Waals surface area (Å²) < 4.78 is 21.9. The van der Waals surface area contributed by atoms with Crippen molar-refractivity contribution in [3.63, 3.8) is 0 Å². The summed E-state index contributed by atoms with van der Waals surface area (Å²) in [6.45, 7) is 2.46. The molecule has 1 amide bonds. The minimum atomic E-state index is -3.62. The predicted octanol–water partition coefficient (Wildman–Crippen LogP) is 2.02. The molecule has 0 saturated carbocycles. The first-order valence-corrected chi connectivity index (χ1v) is 10.1. The molecule has 0 saturated heterocycles. The summed E-state index contributed by atoms with van der Waals surface area (Å²) in [6, 6.07) is 13.3. The number of rotatable bonds is 7. The van der Waals surface area contributed by atoms with E-state index in [2.05, 4.69) is 5.32 Å². The lowest BCUT2D eigenvalue weighted by Crippen LogP contribution is -2.49. The monoisotopic (exact) mass is 377 g/mol. The smallest absolute Gasteiger partial charge is 0.308 e. The number of aliphatic carboxylic acids is 1. The van der Waals surface area contributed by atoms with Crippen LogP contribution in [0.1, 0.15) is 19.4 Å². The highest BCUT2D eigenvalue weighted by Crippen LogP contribution is 2.22. The van der Waals surface area contributed by atoms with Gasteiger partial charge in [-0.2, -0.15) is 0 Å². The quantitative estimate of drug-likeness (QED) is 0.769. The fraction of sp³-hybridized carbons (Fsp3) is 0.368. The molecule has 0 heterocycles. The number of amides is 1. The molecular weight excluding hydrogens is 354 g/mol. The molecule has 140 valence electrons. The zero-order valence-corrected chi connectivity index (χ0v) is 15.8. The fourth-order valence-electron chi connectivity index (χ4n) is 2.58. The number of fused-ring (bicyclic) bond motifs is 1. The van der Waals surface area contributed by atoms with Crippen LogP contribution in [0.5, 0.6) is 0 Å². The second-order valence-corrected chi connectivity index (χ2v) is 9.44. The molecular formula is C19H23NO5S. The van der Waals surface area contributed by atoms with Gasteiger partial charge in [-0.05, 0) is 36.6 Å². The number of carbonyl (C=O) groups excluding carboxylic acids is 1. The SMILES string of the molecule is CC(C)(C(=O)NCC(Cc1cccc2ccccc12)C(=O)O)S(C)(=O)=O. The van der Waals surface area contributed by atoms with Crippen LogP contribution in [-0.2, 0) is 25.8 Å². The molecule has 2 rings (SSSR count). The van der Waals surface area contributed by atoms with Crippen LogP contribution in [0.4, 0.5) is 0 Å². The number of sulfone groups is 1. The van der Waals surface area contributed by atoms with E-state index in [0.29, 0.717) is 0 Å². The summed E-state index contributed by atoms with van der Waals surface area (Å²) in [4.78, 5) is 23.8. The Bertz CT molecular complexity index is 929.